The summed E-state index contributed by atoms with van der Waals surface area (Å²) in [4.78, 5) is 12.4. The number of rotatable bonds is 7. The monoisotopic (exact) mass is 456 g/mol. The molecule has 6 nitrogen and oxygen atoms in total. The van der Waals surface area contributed by atoms with Gasteiger partial charge in [-0.05, 0) is 37.3 Å². The van der Waals surface area contributed by atoms with E-state index in [-0.39, 0.29) is 16.7 Å². The van der Waals surface area contributed by atoms with Crippen molar-refractivity contribution in [2.45, 2.75) is 18.6 Å². The van der Waals surface area contributed by atoms with Crippen LogP contribution < -0.4 is 5.32 Å². The molecule has 31 heavy (non-hydrogen) atoms. The molecule has 158 valence electrons. The molecule has 0 bridgehead atoms. The maximum atomic E-state index is 13.3. The molecule has 2 aromatic heterocycles. The first-order valence-corrected chi connectivity index (χ1v) is 10.8. The van der Waals surface area contributed by atoms with Crippen LogP contribution >= 0.6 is 23.4 Å². The Morgan fingerprint density at radius 1 is 1.19 bits per heavy atom. The predicted molar refractivity (Wildman–Crippen MR) is 119 cm³/mol. The second-order valence-corrected chi connectivity index (χ2v) is 8.15. The quantitative estimate of drug-likeness (QED) is 0.376. The zero-order chi connectivity index (χ0) is 21.8. The van der Waals surface area contributed by atoms with E-state index in [1.165, 1.54) is 30.0 Å². The molecule has 0 aliphatic heterocycles. The van der Waals surface area contributed by atoms with Gasteiger partial charge in [-0.3, -0.25) is 9.36 Å². The zero-order valence-electron chi connectivity index (χ0n) is 16.5. The lowest BCUT2D eigenvalue weighted by atomic mass is 10.1. The molecule has 4 aromatic rings. The molecular formula is C22H18ClFN4O2S. The lowest BCUT2D eigenvalue weighted by Gasteiger charge is -2.09. The zero-order valence-corrected chi connectivity index (χ0v) is 18.1. The summed E-state index contributed by atoms with van der Waals surface area (Å²) in [5.41, 5.74) is 2.49. The van der Waals surface area contributed by atoms with E-state index in [4.69, 9.17) is 16.0 Å². The maximum absolute atomic E-state index is 13.3. The number of nitrogens with one attached hydrogen (secondary N) is 1. The Balaban J connectivity index is 1.52. The van der Waals surface area contributed by atoms with Gasteiger partial charge >= 0.3 is 0 Å². The number of nitrogens with zero attached hydrogens (tertiary/aromatic N) is 3. The topological polar surface area (TPSA) is 73.0 Å². The van der Waals surface area contributed by atoms with Crippen LogP contribution in [0, 0.1) is 12.7 Å². The molecule has 2 aromatic carbocycles. The highest BCUT2D eigenvalue weighted by Gasteiger charge is 2.17. The molecule has 0 radical (unpaired) electrons. The van der Waals surface area contributed by atoms with Crippen LogP contribution in [0.2, 0.25) is 5.02 Å². The van der Waals surface area contributed by atoms with E-state index in [1.807, 2.05) is 47.9 Å². The van der Waals surface area contributed by atoms with Crippen LogP contribution in [-0.4, -0.2) is 26.4 Å². The summed E-state index contributed by atoms with van der Waals surface area (Å²) in [6, 6.07) is 15.7. The SMILES string of the molecule is Cc1ccc(-c2nnc(SCC(=O)Nc3ccc(F)c(Cl)c3)n2Cc2ccco2)cc1. The average Bonchev–Trinajstić information content (AvgIpc) is 3.40. The van der Waals surface area contributed by atoms with Crippen molar-refractivity contribution in [3.63, 3.8) is 0 Å². The van der Waals surface area contributed by atoms with Crippen LogP contribution in [0.5, 0.6) is 0 Å². The molecule has 4 rings (SSSR count). The van der Waals surface area contributed by atoms with Crippen molar-refractivity contribution in [3.8, 4) is 11.4 Å². The summed E-state index contributed by atoms with van der Waals surface area (Å²) in [5.74, 6) is 0.727. The summed E-state index contributed by atoms with van der Waals surface area (Å²) in [6.07, 6.45) is 1.61. The fourth-order valence-electron chi connectivity index (χ4n) is 2.91. The Labute approximate surface area is 187 Å². The van der Waals surface area contributed by atoms with Crippen molar-refractivity contribution in [2.24, 2.45) is 0 Å². The normalized spacial score (nSPS) is 10.9. The third-order valence-electron chi connectivity index (χ3n) is 4.46. The molecular weight excluding hydrogens is 439 g/mol. The summed E-state index contributed by atoms with van der Waals surface area (Å²) in [7, 11) is 0. The minimum absolute atomic E-state index is 0.0496. The number of hydrogen-bond donors (Lipinski definition) is 1. The van der Waals surface area contributed by atoms with Crippen LogP contribution in [-0.2, 0) is 11.3 Å². The smallest absolute Gasteiger partial charge is 0.234 e. The van der Waals surface area contributed by atoms with Gasteiger partial charge in [-0.2, -0.15) is 0 Å². The molecule has 0 unspecified atom stereocenters. The van der Waals surface area contributed by atoms with E-state index in [0.29, 0.717) is 23.2 Å². The van der Waals surface area contributed by atoms with Gasteiger partial charge in [0, 0.05) is 11.3 Å². The van der Waals surface area contributed by atoms with Crippen molar-refractivity contribution in [1.82, 2.24) is 14.8 Å². The van der Waals surface area contributed by atoms with Crippen molar-refractivity contribution < 1.29 is 13.6 Å². The number of aryl methyl sites for hydroxylation is 1. The van der Waals surface area contributed by atoms with E-state index in [2.05, 4.69) is 15.5 Å². The Morgan fingerprint density at radius 3 is 2.71 bits per heavy atom. The van der Waals surface area contributed by atoms with Crippen LogP contribution in [0.4, 0.5) is 10.1 Å². The maximum Gasteiger partial charge on any atom is 0.234 e. The number of aromatic nitrogens is 3. The van der Waals surface area contributed by atoms with Gasteiger partial charge in [-0.1, -0.05) is 53.2 Å². The fourth-order valence-corrected chi connectivity index (χ4v) is 3.83. The third-order valence-corrected chi connectivity index (χ3v) is 5.71. The van der Waals surface area contributed by atoms with Crippen molar-refractivity contribution in [1.29, 1.82) is 0 Å². The average molecular weight is 457 g/mol. The predicted octanol–water partition coefficient (Wildman–Crippen LogP) is 5.42. The highest BCUT2D eigenvalue weighted by Crippen LogP contribution is 2.26. The standard InChI is InChI=1S/C22H18ClFN4O2S/c1-14-4-6-15(7-5-14)21-26-27-22(28(21)12-17-3-2-10-30-17)31-13-20(29)25-16-8-9-19(24)18(23)11-16/h2-11H,12-13H2,1H3,(H,25,29). The second kappa shape index (κ2) is 9.36. The third kappa shape index (κ3) is 5.15. The summed E-state index contributed by atoms with van der Waals surface area (Å²) >= 11 is 7.02. The Hall–Kier alpha value is -3.10. The Kier molecular flexibility index (Phi) is 6.39. The Bertz CT molecular complexity index is 1190. The second-order valence-electron chi connectivity index (χ2n) is 6.80. The minimum atomic E-state index is -0.538. The summed E-state index contributed by atoms with van der Waals surface area (Å²) in [6.45, 7) is 2.45. The van der Waals surface area contributed by atoms with E-state index in [9.17, 15) is 9.18 Å². The van der Waals surface area contributed by atoms with E-state index in [0.717, 1.165) is 16.9 Å². The van der Waals surface area contributed by atoms with Gasteiger partial charge in [0.2, 0.25) is 5.91 Å². The first kappa shape index (κ1) is 21.1. The van der Waals surface area contributed by atoms with Gasteiger partial charge in [0.15, 0.2) is 11.0 Å². The lowest BCUT2D eigenvalue weighted by Crippen LogP contribution is -2.15. The van der Waals surface area contributed by atoms with Crippen molar-refractivity contribution in [3.05, 3.63) is 83.0 Å². The van der Waals surface area contributed by atoms with Gasteiger partial charge in [0.05, 0.1) is 23.6 Å². The summed E-state index contributed by atoms with van der Waals surface area (Å²) < 4.78 is 20.7. The molecule has 1 N–H and O–H groups in total. The van der Waals surface area contributed by atoms with Crippen LogP contribution in [0.15, 0.2) is 70.4 Å². The molecule has 0 spiro atoms. The number of anilines is 1. The Morgan fingerprint density at radius 2 is 2.00 bits per heavy atom. The van der Waals surface area contributed by atoms with Crippen LogP contribution in [0.1, 0.15) is 11.3 Å². The van der Waals surface area contributed by atoms with Gasteiger partial charge < -0.3 is 9.73 Å². The van der Waals surface area contributed by atoms with Crippen LogP contribution in [0.3, 0.4) is 0 Å². The molecule has 0 aliphatic rings. The number of halogens is 2. The highest BCUT2D eigenvalue weighted by atomic mass is 35.5. The number of carbonyl (C=O) groups is 1. The molecule has 9 heteroatoms. The number of carbonyl (C=O) groups excluding carboxylic acids is 1. The molecule has 0 fully saturated rings. The van der Waals surface area contributed by atoms with Gasteiger partial charge in [-0.15, -0.1) is 10.2 Å². The van der Waals surface area contributed by atoms with E-state index >= 15 is 0 Å². The molecule has 1 amide bonds. The summed E-state index contributed by atoms with van der Waals surface area (Å²) in [5, 5.41) is 11.9. The lowest BCUT2D eigenvalue weighted by molar-refractivity contribution is -0.113. The van der Waals surface area contributed by atoms with Crippen molar-refractivity contribution >= 4 is 35.0 Å². The molecule has 2 heterocycles. The van der Waals surface area contributed by atoms with Gasteiger partial charge in [0.25, 0.3) is 0 Å². The molecule has 0 saturated carbocycles. The first-order chi connectivity index (χ1) is 15.0. The van der Waals surface area contributed by atoms with Crippen LogP contribution in [0.25, 0.3) is 11.4 Å². The first-order valence-electron chi connectivity index (χ1n) is 9.40. The minimum Gasteiger partial charge on any atom is -0.467 e. The number of thioether (sulfide) groups is 1. The number of hydrogen-bond acceptors (Lipinski definition) is 5. The van der Waals surface area contributed by atoms with E-state index in [1.54, 1.807) is 6.26 Å². The highest BCUT2D eigenvalue weighted by molar-refractivity contribution is 7.99. The molecule has 0 saturated heterocycles. The molecule has 0 atom stereocenters. The largest absolute Gasteiger partial charge is 0.467 e. The number of furan rings is 1. The molecule has 0 aliphatic carbocycles. The van der Waals surface area contributed by atoms with Gasteiger partial charge in [0.1, 0.15) is 11.6 Å². The van der Waals surface area contributed by atoms with Gasteiger partial charge in [-0.25, -0.2) is 4.39 Å². The number of amides is 1. The van der Waals surface area contributed by atoms with Crippen molar-refractivity contribution in [2.75, 3.05) is 11.1 Å². The fraction of sp³-hybridized carbons (Fsp3) is 0.136. The van der Waals surface area contributed by atoms with E-state index < -0.39 is 5.82 Å². The number of benzene rings is 2.